The monoisotopic (exact) mass is 332 g/mol. The number of para-hydroxylation sites is 1. The fraction of sp³-hybridized carbons (Fsp3) is 0.294. The van der Waals surface area contributed by atoms with Crippen LogP contribution in [0.5, 0.6) is 0 Å². The fourth-order valence-electron chi connectivity index (χ4n) is 2.15. The van der Waals surface area contributed by atoms with Crippen LogP contribution in [-0.2, 0) is 16.1 Å². The van der Waals surface area contributed by atoms with Gasteiger partial charge in [0.15, 0.2) is 13.1 Å². The van der Waals surface area contributed by atoms with Crippen LogP contribution in [-0.4, -0.2) is 31.4 Å². The average molecular weight is 332 g/mol. The molecule has 0 saturated carbocycles. The van der Waals surface area contributed by atoms with Crippen molar-refractivity contribution in [1.29, 1.82) is 0 Å². The maximum Gasteiger partial charge on any atom is 0.279 e. The number of carbonyl (C=O) groups is 2. The molecule has 1 aromatic carbocycles. The Balaban J connectivity index is 1.75. The Bertz CT molecular complexity index is 614. The lowest BCUT2D eigenvalue weighted by atomic mass is 10.3. The second kappa shape index (κ2) is 9.07. The third-order valence-corrected chi connectivity index (χ3v) is 4.29. The number of quaternary nitrogens is 1. The van der Waals surface area contributed by atoms with Gasteiger partial charge in [0.05, 0.1) is 13.1 Å². The van der Waals surface area contributed by atoms with E-state index in [9.17, 15) is 9.59 Å². The van der Waals surface area contributed by atoms with E-state index in [2.05, 4.69) is 10.6 Å². The Hall–Kier alpha value is -2.18. The van der Waals surface area contributed by atoms with Crippen LogP contribution in [0, 0.1) is 0 Å². The standard InChI is InChI=1S/C17H21N3O2S/c1-2-20(12-16(21)18-11-15-9-6-10-23-15)13-17(22)19-14-7-4-3-5-8-14/h3-10H,2,11-13H2,1H3,(H,18,21)(H,19,22)/p+1. The second-order valence-corrected chi connectivity index (χ2v) is 6.26. The van der Waals surface area contributed by atoms with E-state index >= 15 is 0 Å². The van der Waals surface area contributed by atoms with Gasteiger partial charge in [-0.05, 0) is 30.5 Å². The minimum Gasteiger partial charge on any atom is -0.346 e. The quantitative estimate of drug-likeness (QED) is 0.673. The molecular formula is C17H22N3O2S+. The van der Waals surface area contributed by atoms with E-state index in [1.165, 1.54) is 0 Å². The summed E-state index contributed by atoms with van der Waals surface area (Å²) in [5.74, 6) is -0.123. The molecule has 1 heterocycles. The summed E-state index contributed by atoms with van der Waals surface area (Å²) in [6.45, 7) is 3.80. The van der Waals surface area contributed by atoms with Crippen molar-refractivity contribution in [3.05, 3.63) is 52.7 Å². The first kappa shape index (κ1) is 17.2. The predicted octanol–water partition coefficient (Wildman–Crippen LogP) is 0.908. The van der Waals surface area contributed by atoms with Gasteiger partial charge >= 0.3 is 0 Å². The highest BCUT2D eigenvalue weighted by atomic mass is 32.1. The van der Waals surface area contributed by atoms with E-state index in [-0.39, 0.29) is 18.4 Å². The lowest BCUT2D eigenvalue weighted by Gasteiger charge is -2.16. The number of nitrogens with one attached hydrogen (secondary N) is 3. The Morgan fingerprint density at radius 2 is 1.78 bits per heavy atom. The van der Waals surface area contributed by atoms with Crippen LogP contribution in [0.15, 0.2) is 47.8 Å². The van der Waals surface area contributed by atoms with Gasteiger partial charge in [-0.1, -0.05) is 24.3 Å². The van der Waals surface area contributed by atoms with E-state index < -0.39 is 0 Å². The minimum atomic E-state index is -0.0842. The van der Waals surface area contributed by atoms with Crippen molar-refractivity contribution in [2.45, 2.75) is 13.5 Å². The van der Waals surface area contributed by atoms with E-state index in [4.69, 9.17) is 0 Å². The first-order chi connectivity index (χ1) is 11.2. The van der Waals surface area contributed by atoms with Gasteiger partial charge in [-0.3, -0.25) is 9.59 Å². The van der Waals surface area contributed by atoms with Crippen molar-refractivity contribution in [3.8, 4) is 0 Å². The molecule has 1 unspecified atom stereocenters. The topological polar surface area (TPSA) is 62.6 Å². The molecule has 0 aliphatic heterocycles. The SMILES string of the molecule is CC[NH+](CC(=O)NCc1cccs1)CC(=O)Nc1ccccc1. The maximum absolute atomic E-state index is 12.0. The van der Waals surface area contributed by atoms with Crippen LogP contribution >= 0.6 is 11.3 Å². The van der Waals surface area contributed by atoms with Gasteiger partial charge < -0.3 is 15.5 Å². The number of anilines is 1. The van der Waals surface area contributed by atoms with Crippen LogP contribution in [0.3, 0.4) is 0 Å². The summed E-state index contributed by atoms with van der Waals surface area (Å²) in [5.41, 5.74) is 0.773. The summed E-state index contributed by atoms with van der Waals surface area (Å²) in [4.78, 5) is 26.1. The highest BCUT2D eigenvalue weighted by molar-refractivity contribution is 7.09. The number of likely N-dealkylation sites (N-methyl/N-ethyl adjacent to an activating group) is 1. The molecule has 1 aromatic heterocycles. The Kier molecular flexibility index (Phi) is 6.77. The van der Waals surface area contributed by atoms with Gasteiger partial charge in [0.1, 0.15) is 0 Å². The number of carbonyl (C=O) groups excluding carboxylic acids is 2. The van der Waals surface area contributed by atoms with Crippen LogP contribution < -0.4 is 15.5 Å². The molecule has 5 nitrogen and oxygen atoms in total. The molecule has 0 bridgehead atoms. The Morgan fingerprint density at radius 3 is 2.43 bits per heavy atom. The third-order valence-electron chi connectivity index (χ3n) is 3.42. The van der Waals surface area contributed by atoms with Gasteiger partial charge in [0.2, 0.25) is 0 Å². The molecule has 2 rings (SSSR count). The molecule has 0 aliphatic carbocycles. The molecule has 3 N–H and O–H groups in total. The van der Waals surface area contributed by atoms with Gasteiger partial charge in [-0.2, -0.15) is 0 Å². The van der Waals surface area contributed by atoms with Gasteiger partial charge in [0, 0.05) is 10.6 Å². The number of hydrogen-bond acceptors (Lipinski definition) is 3. The number of amides is 2. The molecule has 0 spiro atoms. The zero-order valence-corrected chi connectivity index (χ0v) is 14.0. The Labute approximate surface area is 140 Å². The molecule has 122 valence electrons. The van der Waals surface area contributed by atoms with Crippen molar-refractivity contribution in [3.63, 3.8) is 0 Å². The van der Waals surface area contributed by atoms with Crippen LogP contribution in [0.25, 0.3) is 0 Å². The van der Waals surface area contributed by atoms with Gasteiger partial charge in [-0.15, -0.1) is 11.3 Å². The van der Waals surface area contributed by atoms with Gasteiger partial charge in [0.25, 0.3) is 11.8 Å². The first-order valence-corrected chi connectivity index (χ1v) is 8.53. The van der Waals surface area contributed by atoms with Crippen LogP contribution in [0.4, 0.5) is 5.69 Å². The molecule has 0 fully saturated rings. The summed E-state index contributed by atoms with van der Waals surface area (Å²) >= 11 is 1.62. The van der Waals surface area contributed by atoms with E-state index in [1.807, 2.05) is 54.8 Å². The smallest absolute Gasteiger partial charge is 0.279 e. The summed E-state index contributed by atoms with van der Waals surface area (Å²) in [7, 11) is 0. The lowest BCUT2D eigenvalue weighted by Crippen LogP contribution is -3.13. The highest BCUT2D eigenvalue weighted by Crippen LogP contribution is 2.07. The number of benzene rings is 1. The maximum atomic E-state index is 12.0. The summed E-state index contributed by atoms with van der Waals surface area (Å²) in [6.07, 6.45) is 0. The highest BCUT2D eigenvalue weighted by Gasteiger charge is 2.16. The minimum absolute atomic E-state index is 0.0391. The normalized spacial score (nSPS) is 11.7. The van der Waals surface area contributed by atoms with E-state index in [0.717, 1.165) is 15.5 Å². The summed E-state index contributed by atoms with van der Waals surface area (Å²) in [6, 6.07) is 13.3. The van der Waals surface area contributed by atoms with Crippen LogP contribution in [0.2, 0.25) is 0 Å². The third kappa shape index (κ3) is 6.22. The van der Waals surface area contributed by atoms with Crippen molar-refractivity contribution in [2.24, 2.45) is 0 Å². The molecule has 2 aromatic rings. The molecule has 0 aliphatic rings. The van der Waals surface area contributed by atoms with Crippen molar-refractivity contribution < 1.29 is 14.5 Å². The number of rotatable bonds is 8. The molecular weight excluding hydrogens is 310 g/mol. The largest absolute Gasteiger partial charge is 0.346 e. The molecule has 0 radical (unpaired) electrons. The molecule has 6 heteroatoms. The summed E-state index contributed by atoms with van der Waals surface area (Å²) < 4.78 is 0. The van der Waals surface area contributed by atoms with E-state index in [0.29, 0.717) is 19.6 Å². The second-order valence-electron chi connectivity index (χ2n) is 5.23. The molecule has 1 atom stereocenters. The predicted molar refractivity (Wildman–Crippen MR) is 92.5 cm³/mol. The van der Waals surface area contributed by atoms with Crippen molar-refractivity contribution in [1.82, 2.24) is 5.32 Å². The molecule has 0 saturated heterocycles. The average Bonchev–Trinajstić information content (AvgIpc) is 3.06. The van der Waals surface area contributed by atoms with Gasteiger partial charge in [-0.25, -0.2) is 0 Å². The summed E-state index contributed by atoms with van der Waals surface area (Å²) in [5, 5.41) is 7.72. The fourth-order valence-corrected chi connectivity index (χ4v) is 2.80. The van der Waals surface area contributed by atoms with Crippen molar-refractivity contribution in [2.75, 3.05) is 25.0 Å². The first-order valence-electron chi connectivity index (χ1n) is 7.65. The molecule has 2 amide bonds. The van der Waals surface area contributed by atoms with Crippen molar-refractivity contribution >= 4 is 28.8 Å². The number of thiophene rings is 1. The molecule has 23 heavy (non-hydrogen) atoms. The van der Waals surface area contributed by atoms with Crippen LogP contribution in [0.1, 0.15) is 11.8 Å². The lowest BCUT2D eigenvalue weighted by molar-refractivity contribution is -0.881. The zero-order valence-electron chi connectivity index (χ0n) is 13.2. The van der Waals surface area contributed by atoms with E-state index in [1.54, 1.807) is 11.3 Å². The Morgan fingerprint density at radius 1 is 1.04 bits per heavy atom. The zero-order chi connectivity index (χ0) is 16.5. The number of hydrogen-bond donors (Lipinski definition) is 3.